The molecule has 0 bridgehead atoms. The van der Waals surface area contributed by atoms with E-state index < -0.39 is 0 Å². The number of rotatable bonds is 6. The first-order valence-corrected chi connectivity index (χ1v) is 8.30. The molecular formula is C18H24FN3O. The number of nitrogens with zero attached hydrogens (tertiary/aromatic N) is 2. The van der Waals surface area contributed by atoms with Crippen LogP contribution in [-0.4, -0.2) is 22.9 Å². The van der Waals surface area contributed by atoms with Gasteiger partial charge in [0.2, 0.25) is 0 Å². The summed E-state index contributed by atoms with van der Waals surface area (Å²) in [6.45, 7) is 6.63. The first-order chi connectivity index (χ1) is 11.2. The highest BCUT2D eigenvalue weighted by Gasteiger charge is 2.30. The third-order valence-electron chi connectivity index (χ3n) is 4.55. The van der Waals surface area contributed by atoms with E-state index in [1.54, 1.807) is 12.1 Å². The normalized spacial score (nSPS) is 22.4. The summed E-state index contributed by atoms with van der Waals surface area (Å²) in [5.74, 6) is 0.228. The summed E-state index contributed by atoms with van der Waals surface area (Å²) in [5.41, 5.74) is 2.12. The van der Waals surface area contributed by atoms with E-state index in [9.17, 15) is 4.39 Å². The highest BCUT2D eigenvalue weighted by molar-refractivity contribution is 5.19. The Balaban J connectivity index is 1.60. The smallest absolute Gasteiger partial charge is 0.123 e. The number of hydrogen-bond donors (Lipinski definition) is 1. The summed E-state index contributed by atoms with van der Waals surface area (Å²) < 4.78 is 21.2. The molecule has 0 amide bonds. The Bertz CT molecular complexity index is 643. The minimum Gasteiger partial charge on any atom is -0.373 e. The van der Waals surface area contributed by atoms with Gasteiger partial charge in [0.1, 0.15) is 5.82 Å². The third-order valence-corrected chi connectivity index (χ3v) is 4.55. The molecule has 23 heavy (non-hydrogen) atoms. The van der Waals surface area contributed by atoms with Crippen LogP contribution < -0.4 is 5.32 Å². The van der Waals surface area contributed by atoms with Crippen LogP contribution in [0.25, 0.3) is 0 Å². The predicted octanol–water partition coefficient (Wildman–Crippen LogP) is 3.47. The van der Waals surface area contributed by atoms with E-state index in [0.29, 0.717) is 5.92 Å². The first-order valence-electron chi connectivity index (χ1n) is 8.30. The average Bonchev–Trinajstić information content (AvgIpc) is 3.21. The Hall–Kier alpha value is -1.72. The zero-order chi connectivity index (χ0) is 16.2. The van der Waals surface area contributed by atoms with E-state index in [1.165, 1.54) is 6.07 Å². The van der Waals surface area contributed by atoms with Gasteiger partial charge in [-0.15, -0.1) is 0 Å². The standard InChI is InChI=1S/C18H24FN3O/c1-3-22-12-16(11-21-22)18-15(7-8-23-18)10-20-13(2)14-5-4-6-17(19)9-14/h4-6,9,11-13,15,18,20H,3,7-8,10H2,1-2H3. The second-order valence-electron chi connectivity index (χ2n) is 6.15. The molecule has 1 fully saturated rings. The van der Waals surface area contributed by atoms with Crippen molar-refractivity contribution in [2.45, 2.75) is 39.0 Å². The minimum atomic E-state index is -0.190. The number of ether oxygens (including phenoxy) is 1. The van der Waals surface area contributed by atoms with Crippen molar-refractivity contribution in [1.82, 2.24) is 15.1 Å². The van der Waals surface area contributed by atoms with E-state index in [4.69, 9.17) is 4.74 Å². The first kappa shape index (κ1) is 16.1. The van der Waals surface area contributed by atoms with Crippen LogP contribution in [-0.2, 0) is 11.3 Å². The molecule has 1 aliphatic heterocycles. The molecule has 1 aliphatic rings. The third kappa shape index (κ3) is 3.79. The van der Waals surface area contributed by atoms with Gasteiger partial charge in [0.15, 0.2) is 0 Å². The minimum absolute atomic E-state index is 0.0995. The number of aryl methyl sites for hydroxylation is 1. The molecule has 5 heteroatoms. The molecule has 3 atom stereocenters. The van der Waals surface area contributed by atoms with Crippen molar-refractivity contribution in [3.8, 4) is 0 Å². The van der Waals surface area contributed by atoms with E-state index in [-0.39, 0.29) is 18.0 Å². The van der Waals surface area contributed by atoms with E-state index in [2.05, 4.69) is 30.5 Å². The van der Waals surface area contributed by atoms with Crippen molar-refractivity contribution in [3.05, 3.63) is 53.6 Å². The van der Waals surface area contributed by atoms with Gasteiger partial charge in [0.25, 0.3) is 0 Å². The Morgan fingerprint density at radius 3 is 3.09 bits per heavy atom. The van der Waals surface area contributed by atoms with Crippen molar-refractivity contribution in [1.29, 1.82) is 0 Å². The molecule has 0 aliphatic carbocycles. The lowest BCUT2D eigenvalue weighted by atomic mass is 9.96. The fourth-order valence-corrected chi connectivity index (χ4v) is 3.13. The van der Waals surface area contributed by atoms with E-state index in [1.807, 2.05) is 16.9 Å². The van der Waals surface area contributed by atoms with E-state index >= 15 is 0 Å². The predicted molar refractivity (Wildman–Crippen MR) is 87.5 cm³/mol. The van der Waals surface area contributed by atoms with Crippen molar-refractivity contribution in [2.75, 3.05) is 13.2 Å². The molecule has 1 aromatic heterocycles. The van der Waals surface area contributed by atoms with Crippen LogP contribution in [0.2, 0.25) is 0 Å². The quantitative estimate of drug-likeness (QED) is 0.886. The van der Waals surface area contributed by atoms with Gasteiger partial charge in [-0.2, -0.15) is 5.10 Å². The number of benzene rings is 1. The Morgan fingerprint density at radius 2 is 2.35 bits per heavy atom. The number of aromatic nitrogens is 2. The molecule has 124 valence electrons. The molecule has 2 aromatic rings. The highest BCUT2D eigenvalue weighted by Crippen LogP contribution is 2.34. The van der Waals surface area contributed by atoms with Crippen LogP contribution in [0, 0.1) is 11.7 Å². The van der Waals surface area contributed by atoms with Crippen LogP contribution in [0.15, 0.2) is 36.7 Å². The second-order valence-corrected chi connectivity index (χ2v) is 6.15. The number of halogens is 1. The monoisotopic (exact) mass is 317 g/mol. The van der Waals surface area contributed by atoms with Gasteiger partial charge in [-0.1, -0.05) is 12.1 Å². The molecular weight excluding hydrogens is 293 g/mol. The van der Waals surface area contributed by atoms with Crippen molar-refractivity contribution < 1.29 is 9.13 Å². The Labute approximate surface area is 136 Å². The van der Waals surface area contributed by atoms with Crippen molar-refractivity contribution in [3.63, 3.8) is 0 Å². The lowest BCUT2D eigenvalue weighted by molar-refractivity contribution is 0.0898. The molecule has 1 N–H and O–H groups in total. The van der Waals surface area contributed by atoms with Crippen LogP contribution in [0.4, 0.5) is 4.39 Å². The topological polar surface area (TPSA) is 39.1 Å². The SMILES string of the molecule is CCn1cc(C2OCCC2CNC(C)c2cccc(F)c2)cn1. The van der Waals surface area contributed by atoms with Crippen LogP contribution in [0.3, 0.4) is 0 Å². The van der Waals surface area contributed by atoms with Gasteiger partial charge in [-0.3, -0.25) is 4.68 Å². The molecule has 3 rings (SSSR count). The number of nitrogens with one attached hydrogen (secondary N) is 1. The molecule has 0 radical (unpaired) electrons. The maximum atomic E-state index is 13.3. The highest BCUT2D eigenvalue weighted by atomic mass is 19.1. The van der Waals surface area contributed by atoms with Gasteiger partial charge < -0.3 is 10.1 Å². The average molecular weight is 317 g/mol. The summed E-state index contributed by atoms with van der Waals surface area (Å²) in [4.78, 5) is 0. The largest absolute Gasteiger partial charge is 0.373 e. The summed E-state index contributed by atoms with van der Waals surface area (Å²) in [6.07, 6.45) is 5.11. The van der Waals surface area contributed by atoms with Crippen LogP contribution >= 0.6 is 0 Å². The zero-order valence-electron chi connectivity index (χ0n) is 13.7. The van der Waals surface area contributed by atoms with Gasteiger partial charge in [0, 0.05) is 43.4 Å². The number of hydrogen-bond acceptors (Lipinski definition) is 3. The molecule has 0 spiro atoms. The Morgan fingerprint density at radius 1 is 1.48 bits per heavy atom. The second kappa shape index (κ2) is 7.23. The van der Waals surface area contributed by atoms with Crippen LogP contribution in [0.5, 0.6) is 0 Å². The van der Waals surface area contributed by atoms with Gasteiger partial charge in [-0.25, -0.2) is 4.39 Å². The molecule has 1 aromatic carbocycles. The van der Waals surface area contributed by atoms with Gasteiger partial charge in [0.05, 0.1) is 12.3 Å². The van der Waals surface area contributed by atoms with Crippen LogP contribution in [0.1, 0.15) is 43.5 Å². The van der Waals surface area contributed by atoms with E-state index in [0.717, 1.165) is 37.2 Å². The molecule has 1 saturated heterocycles. The van der Waals surface area contributed by atoms with Crippen molar-refractivity contribution in [2.24, 2.45) is 5.92 Å². The molecule has 3 unspecified atom stereocenters. The lowest BCUT2D eigenvalue weighted by Crippen LogP contribution is -2.27. The van der Waals surface area contributed by atoms with Gasteiger partial charge >= 0.3 is 0 Å². The molecule has 0 saturated carbocycles. The molecule has 4 nitrogen and oxygen atoms in total. The lowest BCUT2D eigenvalue weighted by Gasteiger charge is -2.21. The molecule has 2 heterocycles. The Kier molecular flexibility index (Phi) is 5.08. The van der Waals surface area contributed by atoms with Gasteiger partial charge in [-0.05, 0) is 38.0 Å². The summed E-state index contributed by atoms with van der Waals surface area (Å²) in [6, 6.07) is 6.89. The maximum Gasteiger partial charge on any atom is 0.123 e. The zero-order valence-corrected chi connectivity index (χ0v) is 13.7. The summed E-state index contributed by atoms with van der Waals surface area (Å²) in [7, 11) is 0. The maximum absolute atomic E-state index is 13.3. The fraction of sp³-hybridized carbons (Fsp3) is 0.500. The fourth-order valence-electron chi connectivity index (χ4n) is 3.13. The summed E-state index contributed by atoms with van der Waals surface area (Å²) >= 11 is 0. The summed E-state index contributed by atoms with van der Waals surface area (Å²) in [5, 5.41) is 7.86. The van der Waals surface area contributed by atoms with Crippen molar-refractivity contribution >= 4 is 0 Å².